The van der Waals surface area contributed by atoms with Crippen molar-refractivity contribution in [1.82, 2.24) is 9.62 Å². The summed E-state index contributed by atoms with van der Waals surface area (Å²) in [6, 6.07) is 4.96. The van der Waals surface area contributed by atoms with E-state index in [0.29, 0.717) is 46.6 Å². The first-order chi connectivity index (χ1) is 10.0. The molecule has 1 aromatic rings. The smallest absolute Gasteiger partial charge is 0.243 e. The number of hydrogen-bond acceptors (Lipinski definition) is 4. The van der Waals surface area contributed by atoms with E-state index in [1.165, 1.54) is 0 Å². The Kier molecular flexibility index (Phi) is 4.27. The highest BCUT2D eigenvalue weighted by Gasteiger charge is 2.41. The lowest BCUT2D eigenvalue weighted by molar-refractivity contribution is 0.338. The van der Waals surface area contributed by atoms with E-state index in [9.17, 15) is 8.42 Å². The lowest BCUT2D eigenvalue weighted by Gasteiger charge is -2.18. The van der Waals surface area contributed by atoms with Crippen molar-refractivity contribution in [3.63, 3.8) is 0 Å². The molecule has 5 nitrogen and oxygen atoms in total. The normalized spacial score (nSPS) is 26.0. The first kappa shape index (κ1) is 15.3. The summed E-state index contributed by atoms with van der Waals surface area (Å²) >= 11 is 3.38. The van der Waals surface area contributed by atoms with Crippen molar-refractivity contribution in [2.45, 2.75) is 11.8 Å². The SMILES string of the molecule is CCOc1ccc(S(=O)(=O)N2C[C@H]3CNC[C@H]3C2)cc1Br. The average molecular weight is 375 g/mol. The van der Waals surface area contributed by atoms with Gasteiger partial charge in [0.2, 0.25) is 10.0 Å². The second-order valence-corrected chi connectivity index (χ2v) is 8.32. The third-order valence-corrected chi connectivity index (χ3v) is 6.64. The van der Waals surface area contributed by atoms with Gasteiger partial charge >= 0.3 is 0 Å². The molecular formula is C14H19BrN2O3S. The van der Waals surface area contributed by atoms with Gasteiger partial charge in [0.1, 0.15) is 5.75 Å². The minimum atomic E-state index is -3.41. The van der Waals surface area contributed by atoms with Gasteiger partial charge in [0.05, 0.1) is 16.0 Å². The van der Waals surface area contributed by atoms with Gasteiger partial charge in [0.15, 0.2) is 0 Å². The third-order valence-electron chi connectivity index (χ3n) is 4.20. The molecule has 0 aliphatic carbocycles. The average Bonchev–Trinajstić information content (AvgIpc) is 3.02. The van der Waals surface area contributed by atoms with Crippen molar-refractivity contribution in [3.05, 3.63) is 22.7 Å². The van der Waals surface area contributed by atoms with E-state index in [1.807, 2.05) is 6.92 Å². The van der Waals surface area contributed by atoms with Crippen molar-refractivity contribution in [2.75, 3.05) is 32.8 Å². The van der Waals surface area contributed by atoms with E-state index in [0.717, 1.165) is 13.1 Å². The largest absolute Gasteiger partial charge is 0.493 e. The van der Waals surface area contributed by atoms with Crippen LogP contribution in [0.3, 0.4) is 0 Å². The van der Waals surface area contributed by atoms with Gasteiger partial charge in [-0.3, -0.25) is 0 Å². The molecule has 0 aromatic heterocycles. The lowest BCUT2D eigenvalue weighted by atomic mass is 10.0. The van der Waals surface area contributed by atoms with E-state index in [1.54, 1.807) is 22.5 Å². The van der Waals surface area contributed by atoms with Crippen molar-refractivity contribution in [1.29, 1.82) is 0 Å². The van der Waals surface area contributed by atoms with Gasteiger partial charge in [-0.15, -0.1) is 0 Å². The Bertz CT molecular complexity index is 623. The Morgan fingerprint density at radius 2 is 2.00 bits per heavy atom. The van der Waals surface area contributed by atoms with Crippen LogP contribution in [-0.2, 0) is 10.0 Å². The van der Waals surface area contributed by atoms with Gasteiger partial charge in [-0.2, -0.15) is 4.31 Å². The number of fused-ring (bicyclic) bond motifs is 1. The monoisotopic (exact) mass is 374 g/mol. The highest BCUT2D eigenvalue weighted by Crippen LogP contribution is 2.33. The standard InChI is InChI=1S/C14H19BrN2O3S/c1-2-20-14-4-3-12(5-13(14)15)21(18,19)17-8-10-6-16-7-11(10)9-17/h3-5,10-11,16H,2,6-9H2,1H3/t10-,11+. The van der Waals surface area contributed by atoms with E-state index in [-0.39, 0.29) is 0 Å². The molecule has 0 radical (unpaired) electrons. The molecule has 1 N–H and O–H groups in total. The Labute approximate surface area is 133 Å². The van der Waals surface area contributed by atoms with Crippen LogP contribution in [0.25, 0.3) is 0 Å². The second kappa shape index (κ2) is 5.87. The van der Waals surface area contributed by atoms with Crippen molar-refractivity contribution >= 4 is 26.0 Å². The zero-order chi connectivity index (χ0) is 15.0. The molecule has 2 atom stereocenters. The van der Waals surface area contributed by atoms with Crippen LogP contribution in [-0.4, -0.2) is 45.5 Å². The Morgan fingerprint density at radius 1 is 1.33 bits per heavy atom. The van der Waals surface area contributed by atoms with E-state index >= 15 is 0 Å². The number of hydrogen-bond donors (Lipinski definition) is 1. The fourth-order valence-electron chi connectivity index (χ4n) is 3.07. The molecule has 0 amide bonds. The molecule has 116 valence electrons. The summed E-state index contributed by atoms with van der Waals surface area (Å²) in [4.78, 5) is 0.325. The van der Waals surface area contributed by atoms with Gasteiger partial charge in [0.25, 0.3) is 0 Å². The molecule has 2 heterocycles. The van der Waals surface area contributed by atoms with Gasteiger partial charge in [0, 0.05) is 13.1 Å². The molecule has 3 rings (SSSR count). The van der Waals surface area contributed by atoms with E-state index < -0.39 is 10.0 Å². The summed E-state index contributed by atoms with van der Waals surface area (Å²) in [5.74, 6) is 1.57. The van der Waals surface area contributed by atoms with Crippen LogP contribution in [0.4, 0.5) is 0 Å². The van der Waals surface area contributed by atoms with Gasteiger partial charge < -0.3 is 10.1 Å². The number of sulfonamides is 1. The van der Waals surface area contributed by atoms with Crippen molar-refractivity contribution in [3.8, 4) is 5.75 Å². The molecule has 0 spiro atoms. The fourth-order valence-corrected chi connectivity index (χ4v) is 5.30. The number of nitrogens with one attached hydrogen (secondary N) is 1. The molecular weight excluding hydrogens is 356 g/mol. The Morgan fingerprint density at radius 3 is 2.57 bits per heavy atom. The summed E-state index contributed by atoms with van der Waals surface area (Å²) < 4.78 is 33.2. The molecule has 2 aliphatic heterocycles. The summed E-state index contributed by atoms with van der Waals surface area (Å²) in [5.41, 5.74) is 0. The number of halogens is 1. The molecule has 1 aromatic carbocycles. The van der Waals surface area contributed by atoms with Gasteiger partial charge in [-0.25, -0.2) is 8.42 Å². The quantitative estimate of drug-likeness (QED) is 0.870. The number of ether oxygens (including phenoxy) is 1. The first-order valence-corrected chi connectivity index (χ1v) is 9.39. The van der Waals surface area contributed by atoms with E-state index in [4.69, 9.17) is 4.74 Å². The zero-order valence-electron chi connectivity index (χ0n) is 11.9. The van der Waals surface area contributed by atoms with Crippen LogP contribution in [0.5, 0.6) is 5.75 Å². The highest BCUT2D eigenvalue weighted by molar-refractivity contribution is 9.10. The summed E-state index contributed by atoms with van der Waals surface area (Å²) in [6.45, 7) is 5.52. The van der Waals surface area contributed by atoms with E-state index in [2.05, 4.69) is 21.2 Å². The third kappa shape index (κ3) is 2.84. The molecule has 7 heteroatoms. The number of rotatable bonds is 4. The molecule has 0 bridgehead atoms. The number of benzene rings is 1. The van der Waals surface area contributed by atoms with Crippen LogP contribution >= 0.6 is 15.9 Å². The second-order valence-electron chi connectivity index (χ2n) is 5.53. The summed E-state index contributed by atoms with van der Waals surface area (Å²) in [7, 11) is -3.41. The molecule has 2 saturated heterocycles. The lowest BCUT2D eigenvalue weighted by Crippen LogP contribution is -2.31. The summed E-state index contributed by atoms with van der Waals surface area (Å²) in [5, 5.41) is 3.32. The Hall–Kier alpha value is -0.630. The van der Waals surface area contributed by atoms with Crippen LogP contribution in [0, 0.1) is 11.8 Å². The highest BCUT2D eigenvalue weighted by atomic mass is 79.9. The first-order valence-electron chi connectivity index (χ1n) is 7.15. The van der Waals surface area contributed by atoms with Crippen LogP contribution in [0.15, 0.2) is 27.6 Å². The predicted octanol–water partition coefficient (Wildman–Crippen LogP) is 1.69. The zero-order valence-corrected chi connectivity index (χ0v) is 14.3. The van der Waals surface area contributed by atoms with Crippen LogP contribution in [0.1, 0.15) is 6.92 Å². The van der Waals surface area contributed by atoms with Crippen LogP contribution in [0.2, 0.25) is 0 Å². The number of nitrogens with zero attached hydrogens (tertiary/aromatic N) is 1. The minimum Gasteiger partial charge on any atom is -0.493 e. The molecule has 0 unspecified atom stereocenters. The molecule has 21 heavy (non-hydrogen) atoms. The van der Waals surface area contributed by atoms with Gasteiger partial charge in [-0.1, -0.05) is 0 Å². The summed E-state index contributed by atoms with van der Waals surface area (Å²) in [6.07, 6.45) is 0. The minimum absolute atomic E-state index is 0.325. The predicted molar refractivity (Wildman–Crippen MR) is 83.9 cm³/mol. The maximum atomic E-state index is 12.7. The molecule has 2 aliphatic rings. The molecule has 0 saturated carbocycles. The van der Waals surface area contributed by atoms with Gasteiger partial charge in [-0.05, 0) is 66.0 Å². The Balaban J connectivity index is 1.83. The molecule has 2 fully saturated rings. The van der Waals surface area contributed by atoms with Crippen molar-refractivity contribution in [2.24, 2.45) is 11.8 Å². The maximum absolute atomic E-state index is 12.7. The van der Waals surface area contributed by atoms with Crippen molar-refractivity contribution < 1.29 is 13.2 Å². The van der Waals surface area contributed by atoms with Crippen LogP contribution < -0.4 is 10.1 Å². The maximum Gasteiger partial charge on any atom is 0.243 e. The fraction of sp³-hybridized carbons (Fsp3) is 0.571. The topological polar surface area (TPSA) is 58.6 Å².